The van der Waals surface area contributed by atoms with E-state index in [9.17, 15) is 9.59 Å². The van der Waals surface area contributed by atoms with Crippen LogP contribution in [0.25, 0.3) is 0 Å². The molecule has 0 bridgehead atoms. The molecule has 2 fully saturated rings. The molecule has 2 atom stereocenters. The van der Waals surface area contributed by atoms with Crippen LogP contribution in [-0.2, 0) is 20.7 Å². The van der Waals surface area contributed by atoms with E-state index in [0.717, 1.165) is 32.1 Å². The van der Waals surface area contributed by atoms with Crippen LogP contribution in [0.15, 0.2) is 30.3 Å². The van der Waals surface area contributed by atoms with Gasteiger partial charge in [0.05, 0.1) is 12.0 Å². The molecule has 3 rings (SSSR count). The summed E-state index contributed by atoms with van der Waals surface area (Å²) in [6, 6.07) is 10.2. The third-order valence-corrected chi connectivity index (χ3v) is 6.00. The molecule has 2 aliphatic rings. The van der Waals surface area contributed by atoms with Crippen molar-refractivity contribution in [1.29, 1.82) is 0 Å². The molecule has 1 N–H and O–H groups in total. The van der Waals surface area contributed by atoms with Gasteiger partial charge in [-0.2, -0.15) is 0 Å². The number of carbonyl (C=O) groups excluding carboxylic acids is 2. The van der Waals surface area contributed by atoms with Gasteiger partial charge in [0.1, 0.15) is 0 Å². The highest BCUT2D eigenvalue weighted by Gasteiger charge is 2.52. The van der Waals surface area contributed by atoms with Crippen molar-refractivity contribution in [3.8, 4) is 0 Å². The molecule has 0 radical (unpaired) electrons. The van der Waals surface area contributed by atoms with Gasteiger partial charge < -0.3 is 15.0 Å². The zero-order valence-corrected chi connectivity index (χ0v) is 15.7. The van der Waals surface area contributed by atoms with Crippen LogP contribution in [0.2, 0.25) is 0 Å². The highest BCUT2D eigenvalue weighted by molar-refractivity contribution is 5.88. The van der Waals surface area contributed by atoms with Gasteiger partial charge in [-0.25, -0.2) is 0 Å². The third kappa shape index (κ3) is 3.93. The van der Waals surface area contributed by atoms with Crippen LogP contribution in [0.5, 0.6) is 0 Å². The molecule has 1 aromatic rings. The summed E-state index contributed by atoms with van der Waals surface area (Å²) in [6.45, 7) is 1.75. The molecule has 5 heteroatoms. The minimum Gasteiger partial charge on any atom is -0.383 e. The van der Waals surface area contributed by atoms with Gasteiger partial charge in [-0.3, -0.25) is 9.59 Å². The Balaban J connectivity index is 1.67. The first-order valence-corrected chi connectivity index (χ1v) is 9.78. The number of likely N-dealkylation sites (tertiary alicyclic amines) is 1. The van der Waals surface area contributed by atoms with Gasteiger partial charge >= 0.3 is 0 Å². The van der Waals surface area contributed by atoms with Crippen molar-refractivity contribution < 1.29 is 14.3 Å². The summed E-state index contributed by atoms with van der Waals surface area (Å²) in [7, 11) is 1.65. The average Bonchev–Trinajstić information content (AvgIpc) is 2.68. The van der Waals surface area contributed by atoms with E-state index in [1.807, 2.05) is 23.1 Å². The Morgan fingerprint density at radius 3 is 2.85 bits per heavy atom. The quantitative estimate of drug-likeness (QED) is 0.815. The number of fused-ring (bicyclic) bond motifs is 1. The highest BCUT2D eigenvalue weighted by atomic mass is 16.5. The summed E-state index contributed by atoms with van der Waals surface area (Å²) in [5.74, 6) is 0.301. The fraction of sp³-hybridized carbons (Fsp3) is 0.619. The molecule has 0 unspecified atom stereocenters. The summed E-state index contributed by atoms with van der Waals surface area (Å²) in [6.07, 6.45) is 5.92. The monoisotopic (exact) mass is 358 g/mol. The first-order chi connectivity index (χ1) is 12.7. The molecule has 1 saturated carbocycles. The van der Waals surface area contributed by atoms with E-state index < -0.39 is 5.41 Å². The molecule has 26 heavy (non-hydrogen) atoms. The van der Waals surface area contributed by atoms with Crippen molar-refractivity contribution in [2.75, 3.05) is 26.8 Å². The molecule has 1 saturated heterocycles. The second kappa shape index (κ2) is 8.67. The molecular weight excluding hydrogens is 328 g/mol. The first kappa shape index (κ1) is 18.9. The van der Waals surface area contributed by atoms with Gasteiger partial charge in [0.15, 0.2) is 0 Å². The molecular formula is C21H30N2O3. The van der Waals surface area contributed by atoms with Crippen LogP contribution in [-0.4, -0.2) is 49.6 Å². The summed E-state index contributed by atoms with van der Waals surface area (Å²) in [4.78, 5) is 27.6. The van der Waals surface area contributed by atoms with Gasteiger partial charge in [0, 0.05) is 32.7 Å². The van der Waals surface area contributed by atoms with Crippen LogP contribution in [0, 0.1) is 5.41 Å². The number of methoxy groups -OCH3 is 1. The van der Waals surface area contributed by atoms with E-state index in [2.05, 4.69) is 17.4 Å². The van der Waals surface area contributed by atoms with E-state index in [1.54, 1.807) is 7.11 Å². The normalized spacial score (nSPS) is 25.7. The zero-order valence-electron chi connectivity index (χ0n) is 15.7. The van der Waals surface area contributed by atoms with Crippen molar-refractivity contribution in [2.24, 2.45) is 5.41 Å². The van der Waals surface area contributed by atoms with E-state index in [-0.39, 0.29) is 17.9 Å². The highest BCUT2D eigenvalue weighted by Crippen LogP contribution is 2.46. The lowest BCUT2D eigenvalue weighted by Gasteiger charge is -2.51. The predicted octanol–water partition coefficient (Wildman–Crippen LogP) is 2.54. The number of nitrogens with zero attached hydrogens (tertiary/aromatic N) is 1. The number of nitrogens with one attached hydrogen (secondary N) is 1. The number of ether oxygens (including phenoxy) is 1. The SMILES string of the molecule is COCCN1C(=O)CC[C@]2(C(=O)NCCc3ccccc3)CCCC[C@@H]12. The van der Waals surface area contributed by atoms with Crippen molar-refractivity contribution in [3.63, 3.8) is 0 Å². The standard InChI is InChI=1S/C21H30N2O3/c1-26-16-15-23-18-9-5-6-12-21(18,13-10-19(23)24)20(25)22-14-11-17-7-3-2-4-8-17/h2-4,7-8,18H,5-6,9-16H2,1H3,(H,22,25)/t18-,21-/m1/s1. The fourth-order valence-electron chi connectivity index (χ4n) is 4.60. The molecule has 2 amide bonds. The van der Waals surface area contributed by atoms with Crippen LogP contribution < -0.4 is 5.32 Å². The van der Waals surface area contributed by atoms with Crippen LogP contribution in [0.1, 0.15) is 44.1 Å². The van der Waals surface area contributed by atoms with E-state index in [0.29, 0.717) is 32.5 Å². The summed E-state index contributed by atoms with van der Waals surface area (Å²) in [5.41, 5.74) is 0.808. The van der Waals surface area contributed by atoms with Crippen LogP contribution >= 0.6 is 0 Å². The lowest BCUT2D eigenvalue weighted by molar-refractivity contribution is -0.156. The number of amides is 2. The summed E-state index contributed by atoms with van der Waals surface area (Å²) >= 11 is 0. The second-order valence-corrected chi connectivity index (χ2v) is 7.49. The molecule has 1 heterocycles. The zero-order chi connectivity index (χ0) is 18.4. The van der Waals surface area contributed by atoms with Gasteiger partial charge in [0.25, 0.3) is 0 Å². The first-order valence-electron chi connectivity index (χ1n) is 9.78. The smallest absolute Gasteiger partial charge is 0.228 e. The number of benzene rings is 1. The Bertz CT molecular complexity index is 619. The molecule has 5 nitrogen and oxygen atoms in total. The molecule has 1 aliphatic carbocycles. The Hall–Kier alpha value is -1.88. The number of carbonyl (C=O) groups is 2. The van der Waals surface area contributed by atoms with Gasteiger partial charge in [-0.1, -0.05) is 43.2 Å². The van der Waals surface area contributed by atoms with Crippen molar-refractivity contribution in [3.05, 3.63) is 35.9 Å². The molecule has 0 spiro atoms. The minimum absolute atomic E-state index is 0.0179. The Morgan fingerprint density at radius 1 is 1.27 bits per heavy atom. The number of hydrogen-bond donors (Lipinski definition) is 1. The third-order valence-electron chi connectivity index (χ3n) is 6.00. The Kier molecular flexibility index (Phi) is 6.30. The van der Waals surface area contributed by atoms with E-state index in [1.165, 1.54) is 5.56 Å². The number of rotatable bonds is 7. The van der Waals surface area contributed by atoms with E-state index >= 15 is 0 Å². The second-order valence-electron chi connectivity index (χ2n) is 7.49. The van der Waals surface area contributed by atoms with Crippen LogP contribution in [0.3, 0.4) is 0 Å². The maximum atomic E-state index is 13.2. The minimum atomic E-state index is -0.420. The summed E-state index contributed by atoms with van der Waals surface area (Å²) in [5, 5.41) is 3.17. The topological polar surface area (TPSA) is 58.6 Å². The van der Waals surface area contributed by atoms with Crippen molar-refractivity contribution in [1.82, 2.24) is 10.2 Å². The molecule has 1 aromatic carbocycles. The maximum absolute atomic E-state index is 13.2. The fourth-order valence-corrected chi connectivity index (χ4v) is 4.60. The van der Waals surface area contributed by atoms with E-state index in [4.69, 9.17) is 4.74 Å². The van der Waals surface area contributed by atoms with Gasteiger partial charge in [0.2, 0.25) is 11.8 Å². The number of piperidine rings is 1. The molecule has 142 valence electrons. The molecule has 1 aliphatic heterocycles. The van der Waals surface area contributed by atoms with Crippen molar-refractivity contribution in [2.45, 2.75) is 51.0 Å². The Labute approximate surface area is 156 Å². The van der Waals surface area contributed by atoms with Crippen LogP contribution in [0.4, 0.5) is 0 Å². The number of hydrogen-bond acceptors (Lipinski definition) is 3. The molecule has 0 aromatic heterocycles. The van der Waals surface area contributed by atoms with Gasteiger partial charge in [-0.05, 0) is 31.2 Å². The van der Waals surface area contributed by atoms with Crippen molar-refractivity contribution >= 4 is 11.8 Å². The maximum Gasteiger partial charge on any atom is 0.228 e. The average molecular weight is 358 g/mol. The lowest BCUT2D eigenvalue weighted by Crippen LogP contribution is -2.62. The predicted molar refractivity (Wildman–Crippen MR) is 101 cm³/mol. The van der Waals surface area contributed by atoms with Gasteiger partial charge in [-0.15, -0.1) is 0 Å². The Morgan fingerprint density at radius 2 is 2.08 bits per heavy atom. The lowest BCUT2D eigenvalue weighted by atomic mass is 9.64. The summed E-state index contributed by atoms with van der Waals surface area (Å²) < 4.78 is 5.19. The largest absolute Gasteiger partial charge is 0.383 e.